The lowest BCUT2D eigenvalue weighted by Crippen LogP contribution is -2.35. The van der Waals surface area contributed by atoms with Crippen molar-refractivity contribution in [3.63, 3.8) is 0 Å². The zero-order chi connectivity index (χ0) is 14.6. The maximum absolute atomic E-state index is 6.22. The molecule has 0 amide bonds. The number of hydrogen-bond donors (Lipinski definition) is 1. The first-order chi connectivity index (χ1) is 9.46. The smallest absolute Gasteiger partial charge is 0.174 e. The molecule has 20 heavy (non-hydrogen) atoms. The number of benzene rings is 1. The Labute approximate surface area is 124 Å². The minimum atomic E-state index is 0.0323. The van der Waals surface area contributed by atoms with Crippen LogP contribution in [0.3, 0.4) is 0 Å². The van der Waals surface area contributed by atoms with Crippen LogP contribution in [-0.4, -0.2) is 10.7 Å². The molecule has 5 heteroatoms. The van der Waals surface area contributed by atoms with Gasteiger partial charge in [0, 0.05) is 23.7 Å². The van der Waals surface area contributed by atoms with Gasteiger partial charge in [-0.15, -0.1) is 0 Å². The molecule has 1 aromatic carbocycles. The van der Waals surface area contributed by atoms with Crippen LogP contribution in [0.15, 0.2) is 35.0 Å². The third-order valence-corrected chi connectivity index (χ3v) is 3.01. The van der Waals surface area contributed by atoms with E-state index >= 15 is 0 Å². The first-order valence-electron chi connectivity index (χ1n) is 6.50. The van der Waals surface area contributed by atoms with E-state index < -0.39 is 0 Å². The van der Waals surface area contributed by atoms with E-state index in [0.29, 0.717) is 29.7 Å². The third-order valence-electron chi connectivity index (χ3n) is 2.71. The van der Waals surface area contributed by atoms with E-state index in [-0.39, 0.29) is 5.54 Å². The second-order valence-electron chi connectivity index (χ2n) is 5.60. The van der Waals surface area contributed by atoms with Crippen LogP contribution in [0.5, 0.6) is 5.75 Å². The van der Waals surface area contributed by atoms with E-state index in [4.69, 9.17) is 20.9 Å². The van der Waals surface area contributed by atoms with Crippen LogP contribution in [0, 0.1) is 0 Å². The highest BCUT2D eigenvalue weighted by Crippen LogP contribution is 2.29. The van der Waals surface area contributed by atoms with Gasteiger partial charge in [0.2, 0.25) is 0 Å². The molecule has 4 nitrogen and oxygen atoms in total. The summed E-state index contributed by atoms with van der Waals surface area (Å²) < 4.78 is 10.8. The molecule has 0 bridgehead atoms. The molecule has 1 N–H and O–H groups in total. The number of rotatable bonds is 5. The minimum absolute atomic E-state index is 0.0323. The third kappa shape index (κ3) is 4.25. The molecule has 1 aromatic heterocycles. The summed E-state index contributed by atoms with van der Waals surface area (Å²) in [6, 6.07) is 7.51. The van der Waals surface area contributed by atoms with Crippen molar-refractivity contribution in [2.75, 3.05) is 0 Å². The summed E-state index contributed by atoms with van der Waals surface area (Å²) in [5.74, 6) is 1.35. The SMILES string of the molecule is CC(C)(C)NCc1cccc(Cl)c1OCc1ccno1. The Balaban J connectivity index is 2.09. The maximum atomic E-state index is 6.22. The molecule has 0 aliphatic rings. The van der Waals surface area contributed by atoms with Gasteiger partial charge in [-0.1, -0.05) is 28.9 Å². The summed E-state index contributed by atoms with van der Waals surface area (Å²) in [5, 5.41) is 7.67. The summed E-state index contributed by atoms with van der Waals surface area (Å²) in [6.45, 7) is 7.35. The molecule has 1 heterocycles. The van der Waals surface area contributed by atoms with Crippen molar-refractivity contribution in [2.24, 2.45) is 0 Å². The normalized spacial score (nSPS) is 11.6. The zero-order valence-corrected chi connectivity index (χ0v) is 12.7. The zero-order valence-electron chi connectivity index (χ0n) is 11.9. The largest absolute Gasteiger partial charge is 0.484 e. The average molecular weight is 295 g/mol. The molecule has 0 saturated heterocycles. The second kappa shape index (κ2) is 6.29. The van der Waals surface area contributed by atoms with Gasteiger partial charge in [-0.25, -0.2) is 0 Å². The van der Waals surface area contributed by atoms with E-state index in [2.05, 4.69) is 31.2 Å². The number of hydrogen-bond acceptors (Lipinski definition) is 4. The number of aromatic nitrogens is 1. The summed E-state index contributed by atoms with van der Waals surface area (Å²) in [4.78, 5) is 0. The number of ether oxygens (including phenoxy) is 1. The Kier molecular flexibility index (Phi) is 4.68. The summed E-state index contributed by atoms with van der Waals surface area (Å²) >= 11 is 6.22. The highest BCUT2D eigenvalue weighted by atomic mass is 35.5. The van der Waals surface area contributed by atoms with Gasteiger partial charge < -0.3 is 14.6 Å². The molecule has 2 rings (SSSR count). The molecule has 0 fully saturated rings. The van der Waals surface area contributed by atoms with Gasteiger partial charge in [0.25, 0.3) is 0 Å². The number of para-hydroxylation sites is 1. The molecule has 0 aliphatic heterocycles. The van der Waals surface area contributed by atoms with Gasteiger partial charge in [-0.3, -0.25) is 0 Å². The first-order valence-corrected chi connectivity index (χ1v) is 6.88. The van der Waals surface area contributed by atoms with Crippen LogP contribution in [0.25, 0.3) is 0 Å². The number of halogens is 1. The molecular formula is C15H19ClN2O2. The Morgan fingerprint density at radius 3 is 2.75 bits per heavy atom. The lowest BCUT2D eigenvalue weighted by Gasteiger charge is -2.22. The Hall–Kier alpha value is -1.52. The van der Waals surface area contributed by atoms with E-state index in [1.807, 2.05) is 18.2 Å². The standard InChI is InChI=1S/C15H19ClN2O2/c1-15(2,3)17-9-11-5-4-6-13(16)14(11)19-10-12-7-8-18-20-12/h4-8,17H,9-10H2,1-3H3. The summed E-state index contributed by atoms with van der Waals surface area (Å²) in [7, 11) is 0. The van der Waals surface area contributed by atoms with Crippen LogP contribution in [0.4, 0.5) is 0 Å². The van der Waals surface area contributed by atoms with Crippen LogP contribution in [0.1, 0.15) is 32.1 Å². The van der Waals surface area contributed by atoms with E-state index in [9.17, 15) is 0 Å². The van der Waals surface area contributed by atoms with Gasteiger partial charge in [0.1, 0.15) is 12.4 Å². The predicted molar refractivity (Wildman–Crippen MR) is 78.9 cm³/mol. The average Bonchev–Trinajstić information content (AvgIpc) is 2.87. The van der Waals surface area contributed by atoms with Crippen molar-refractivity contribution in [1.82, 2.24) is 10.5 Å². The van der Waals surface area contributed by atoms with Crippen molar-refractivity contribution in [2.45, 2.75) is 39.5 Å². The van der Waals surface area contributed by atoms with Crippen molar-refractivity contribution < 1.29 is 9.26 Å². The Morgan fingerprint density at radius 2 is 2.10 bits per heavy atom. The van der Waals surface area contributed by atoms with Gasteiger partial charge >= 0.3 is 0 Å². The van der Waals surface area contributed by atoms with Crippen molar-refractivity contribution in [3.05, 3.63) is 46.8 Å². The molecule has 0 unspecified atom stereocenters. The van der Waals surface area contributed by atoms with Crippen LogP contribution < -0.4 is 10.1 Å². The Bertz CT molecular complexity index is 547. The van der Waals surface area contributed by atoms with Gasteiger partial charge in [0.05, 0.1) is 11.2 Å². The predicted octanol–water partition coefficient (Wildman–Crippen LogP) is 3.80. The van der Waals surface area contributed by atoms with Gasteiger partial charge in [0.15, 0.2) is 5.76 Å². The van der Waals surface area contributed by atoms with Gasteiger partial charge in [-0.05, 0) is 26.8 Å². The molecule has 0 atom stereocenters. The fourth-order valence-electron chi connectivity index (χ4n) is 1.67. The van der Waals surface area contributed by atoms with Crippen LogP contribution in [0.2, 0.25) is 5.02 Å². The van der Waals surface area contributed by atoms with Crippen molar-refractivity contribution in [3.8, 4) is 5.75 Å². The molecule has 2 aromatic rings. The quantitative estimate of drug-likeness (QED) is 0.911. The van der Waals surface area contributed by atoms with Crippen molar-refractivity contribution >= 4 is 11.6 Å². The highest BCUT2D eigenvalue weighted by Gasteiger charge is 2.13. The lowest BCUT2D eigenvalue weighted by atomic mass is 10.1. The fraction of sp³-hybridized carbons (Fsp3) is 0.400. The molecule has 0 aliphatic carbocycles. The van der Waals surface area contributed by atoms with E-state index in [1.165, 1.54) is 0 Å². The molecule has 0 radical (unpaired) electrons. The van der Waals surface area contributed by atoms with Crippen LogP contribution >= 0.6 is 11.6 Å². The molecular weight excluding hydrogens is 276 g/mol. The minimum Gasteiger partial charge on any atom is -0.484 e. The topological polar surface area (TPSA) is 47.3 Å². The molecule has 0 saturated carbocycles. The molecule has 108 valence electrons. The lowest BCUT2D eigenvalue weighted by molar-refractivity contribution is 0.246. The van der Waals surface area contributed by atoms with Crippen molar-refractivity contribution in [1.29, 1.82) is 0 Å². The van der Waals surface area contributed by atoms with E-state index in [1.54, 1.807) is 12.3 Å². The van der Waals surface area contributed by atoms with Crippen LogP contribution in [-0.2, 0) is 13.2 Å². The summed E-state index contributed by atoms with van der Waals surface area (Å²) in [6.07, 6.45) is 1.59. The Morgan fingerprint density at radius 1 is 1.30 bits per heavy atom. The number of nitrogens with one attached hydrogen (secondary N) is 1. The molecule has 0 spiro atoms. The summed E-state index contributed by atoms with van der Waals surface area (Å²) in [5.41, 5.74) is 1.05. The van der Waals surface area contributed by atoms with Gasteiger partial charge in [-0.2, -0.15) is 0 Å². The number of nitrogens with zero attached hydrogens (tertiary/aromatic N) is 1. The second-order valence-corrected chi connectivity index (χ2v) is 6.01. The maximum Gasteiger partial charge on any atom is 0.174 e. The fourth-order valence-corrected chi connectivity index (χ4v) is 1.92. The monoisotopic (exact) mass is 294 g/mol. The van der Waals surface area contributed by atoms with E-state index in [0.717, 1.165) is 5.56 Å². The first kappa shape index (κ1) is 14.9. The highest BCUT2D eigenvalue weighted by molar-refractivity contribution is 6.32.